The van der Waals surface area contributed by atoms with Crippen LogP contribution in [0.2, 0.25) is 0 Å². The molecule has 1 aromatic carbocycles. The average molecular weight is 256 g/mol. The highest BCUT2D eigenvalue weighted by atomic mass is 19.4. The molecule has 0 aromatic heterocycles. The molecule has 1 atom stereocenters. The Hall–Kier alpha value is -1.85. The number of Topliss-reactive ketones (excluding diaryl/α,β-unsaturated/α-hetero) is 1. The number of nitrogen functional groups attached to an aromatic ring is 1. The number of hydrogen-bond acceptors (Lipinski definition) is 3. The maximum Gasteiger partial charge on any atom is 0.456 e. The van der Waals surface area contributed by atoms with Gasteiger partial charge in [0.15, 0.2) is 0 Å². The Bertz CT molecular complexity index is 523. The quantitative estimate of drug-likeness (QED) is 0.628. The summed E-state index contributed by atoms with van der Waals surface area (Å²) in [6.07, 6.45) is -4.41. The number of alkyl halides is 3. The highest BCUT2D eigenvalue weighted by Gasteiger charge is 2.44. The first-order valence-electron chi connectivity index (χ1n) is 5.36. The molecule has 18 heavy (non-hydrogen) atoms. The Kier molecular flexibility index (Phi) is 2.88. The van der Waals surface area contributed by atoms with Gasteiger partial charge < -0.3 is 11.1 Å². The van der Waals surface area contributed by atoms with E-state index in [0.29, 0.717) is 5.69 Å². The van der Waals surface area contributed by atoms with E-state index in [0.717, 1.165) is 11.1 Å². The third-order valence-corrected chi connectivity index (χ3v) is 3.07. The summed E-state index contributed by atoms with van der Waals surface area (Å²) in [6.45, 7) is 0. The molecule has 0 bridgehead atoms. The van der Waals surface area contributed by atoms with Crippen molar-refractivity contribution >= 4 is 17.2 Å². The van der Waals surface area contributed by atoms with Crippen LogP contribution in [0.15, 0.2) is 18.2 Å². The normalized spacial score (nSPS) is 18.5. The monoisotopic (exact) mass is 256 g/mol. The molecule has 1 aliphatic rings. The summed E-state index contributed by atoms with van der Waals surface area (Å²) < 4.78 is 36.7. The molecular formula is C12H11F3N2O. The first-order chi connectivity index (χ1) is 8.29. The van der Waals surface area contributed by atoms with Crippen molar-refractivity contribution < 1.29 is 18.0 Å². The van der Waals surface area contributed by atoms with Crippen molar-refractivity contribution in [3.05, 3.63) is 29.3 Å². The van der Waals surface area contributed by atoms with Gasteiger partial charge >= 0.3 is 6.18 Å². The fraction of sp³-hybridized carbons (Fsp3) is 0.333. The van der Waals surface area contributed by atoms with Gasteiger partial charge in [0.25, 0.3) is 5.78 Å². The Morgan fingerprint density at radius 1 is 1.28 bits per heavy atom. The van der Waals surface area contributed by atoms with E-state index >= 15 is 0 Å². The van der Waals surface area contributed by atoms with Crippen molar-refractivity contribution in [3.63, 3.8) is 0 Å². The molecule has 0 saturated heterocycles. The predicted octanol–water partition coefficient (Wildman–Crippen LogP) is 2.13. The van der Waals surface area contributed by atoms with Crippen molar-refractivity contribution in [3.8, 4) is 0 Å². The van der Waals surface area contributed by atoms with Crippen molar-refractivity contribution in [2.24, 2.45) is 5.92 Å². The van der Waals surface area contributed by atoms with Gasteiger partial charge in [-0.1, -0.05) is 6.07 Å². The lowest BCUT2D eigenvalue weighted by atomic mass is 9.96. The molecule has 96 valence electrons. The summed E-state index contributed by atoms with van der Waals surface area (Å²) in [5, 5.41) is 7.38. The van der Waals surface area contributed by atoms with Gasteiger partial charge in [0.05, 0.1) is 5.71 Å². The van der Waals surface area contributed by atoms with Crippen molar-refractivity contribution in [2.45, 2.75) is 19.0 Å². The van der Waals surface area contributed by atoms with E-state index < -0.39 is 23.6 Å². The third kappa shape index (κ3) is 2.23. The molecule has 1 aliphatic carbocycles. The largest absolute Gasteiger partial charge is 0.456 e. The second-order valence-electron chi connectivity index (χ2n) is 4.37. The van der Waals surface area contributed by atoms with Crippen LogP contribution in [0.3, 0.4) is 0 Å². The van der Waals surface area contributed by atoms with Crippen molar-refractivity contribution in [1.82, 2.24) is 0 Å². The van der Waals surface area contributed by atoms with Gasteiger partial charge in [-0.2, -0.15) is 13.2 Å². The van der Waals surface area contributed by atoms with E-state index in [2.05, 4.69) is 0 Å². The lowest BCUT2D eigenvalue weighted by Gasteiger charge is -2.11. The zero-order valence-corrected chi connectivity index (χ0v) is 9.34. The lowest BCUT2D eigenvalue weighted by molar-refractivity contribution is -0.163. The van der Waals surface area contributed by atoms with Crippen LogP contribution in [-0.2, 0) is 17.6 Å². The Morgan fingerprint density at radius 2 is 1.89 bits per heavy atom. The predicted molar refractivity (Wildman–Crippen MR) is 60.5 cm³/mol. The highest BCUT2D eigenvalue weighted by molar-refractivity contribution is 6.41. The minimum atomic E-state index is -4.97. The number of anilines is 1. The van der Waals surface area contributed by atoms with Gasteiger partial charge in [-0.15, -0.1) is 0 Å². The van der Waals surface area contributed by atoms with Gasteiger partial charge in [0, 0.05) is 11.6 Å². The van der Waals surface area contributed by atoms with Gasteiger partial charge in [-0.3, -0.25) is 4.79 Å². The summed E-state index contributed by atoms with van der Waals surface area (Å²) >= 11 is 0. The zero-order chi connectivity index (χ0) is 13.5. The number of carbonyl (C=O) groups is 1. The molecule has 6 heteroatoms. The number of rotatable bonds is 2. The number of fused-ring (bicyclic) bond motifs is 1. The second-order valence-corrected chi connectivity index (χ2v) is 4.37. The van der Waals surface area contributed by atoms with Gasteiger partial charge in [-0.25, -0.2) is 0 Å². The van der Waals surface area contributed by atoms with E-state index in [9.17, 15) is 18.0 Å². The number of carbonyl (C=O) groups excluding carboxylic acids is 1. The van der Waals surface area contributed by atoms with Crippen molar-refractivity contribution in [1.29, 1.82) is 5.41 Å². The summed E-state index contributed by atoms with van der Waals surface area (Å²) in [5.74, 6) is -2.75. The fourth-order valence-electron chi connectivity index (χ4n) is 2.18. The van der Waals surface area contributed by atoms with E-state index in [-0.39, 0.29) is 12.8 Å². The van der Waals surface area contributed by atoms with Crippen LogP contribution >= 0.6 is 0 Å². The van der Waals surface area contributed by atoms with Crippen LogP contribution in [-0.4, -0.2) is 17.7 Å². The summed E-state index contributed by atoms with van der Waals surface area (Å²) in [6, 6.07) is 5.08. The first kappa shape index (κ1) is 12.6. The van der Waals surface area contributed by atoms with Crippen LogP contribution < -0.4 is 5.73 Å². The standard InChI is InChI=1S/C12H11F3N2O/c13-12(14,15)11(18)10(17)8-3-6-1-2-9(16)5-7(6)4-8/h1-2,5,8,17H,3-4,16H2. The molecule has 1 unspecified atom stereocenters. The molecule has 0 radical (unpaired) electrons. The molecule has 0 heterocycles. The van der Waals surface area contributed by atoms with Gasteiger partial charge in [0.2, 0.25) is 0 Å². The number of hydrogen-bond donors (Lipinski definition) is 2. The van der Waals surface area contributed by atoms with E-state index in [1.54, 1.807) is 18.2 Å². The molecule has 0 amide bonds. The van der Waals surface area contributed by atoms with Gasteiger partial charge in [-0.05, 0) is 36.1 Å². The van der Waals surface area contributed by atoms with Crippen molar-refractivity contribution in [2.75, 3.05) is 5.73 Å². The summed E-state index contributed by atoms with van der Waals surface area (Å²) in [5.41, 5.74) is 6.92. The molecule has 3 N–H and O–H groups in total. The molecule has 0 spiro atoms. The number of halogens is 3. The molecular weight excluding hydrogens is 245 g/mol. The van der Waals surface area contributed by atoms with Crippen LogP contribution in [0.1, 0.15) is 11.1 Å². The van der Waals surface area contributed by atoms with Crippen LogP contribution in [0.5, 0.6) is 0 Å². The van der Waals surface area contributed by atoms with Gasteiger partial charge in [0.1, 0.15) is 0 Å². The Labute approximate surface area is 101 Å². The smallest absolute Gasteiger partial charge is 0.399 e. The minimum absolute atomic E-state index is 0.265. The van der Waals surface area contributed by atoms with Crippen LogP contribution in [0.25, 0.3) is 0 Å². The Balaban J connectivity index is 2.16. The number of benzene rings is 1. The van der Waals surface area contributed by atoms with Crippen LogP contribution in [0, 0.1) is 11.3 Å². The first-order valence-corrected chi connectivity index (χ1v) is 5.36. The lowest BCUT2D eigenvalue weighted by Crippen LogP contribution is -2.35. The van der Waals surface area contributed by atoms with Crippen LogP contribution in [0.4, 0.5) is 18.9 Å². The van der Waals surface area contributed by atoms with E-state index in [1.165, 1.54) is 0 Å². The SMILES string of the molecule is N=C(C(=O)C(F)(F)F)C1Cc2ccc(N)cc2C1. The molecule has 3 nitrogen and oxygen atoms in total. The fourth-order valence-corrected chi connectivity index (χ4v) is 2.18. The maximum atomic E-state index is 12.2. The van der Waals surface area contributed by atoms with E-state index in [4.69, 9.17) is 11.1 Å². The molecule has 2 rings (SSSR count). The number of ketones is 1. The molecule has 0 aliphatic heterocycles. The summed E-state index contributed by atoms with van der Waals surface area (Å²) in [7, 11) is 0. The average Bonchev–Trinajstić information content (AvgIpc) is 2.68. The highest BCUT2D eigenvalue weighted by Crippen LogP contribution is 2.31. The zero-order valence-electron chi connectivity index (χ0n) is 9.34. The maximum absolute atomic E-state index is 12.2. The summed E-state index contributed by atoms with van der Waals surface area (Å²) in [4.78, 5) is 11.0. The number of nitrogens with two attached hydrogens (primary N) is 1. The van der Waals surface area contributed by atoms with E-state index in [1.807, 2.05) is 0 Å². The number of nitrogens with one attached hydrogen (secondary N) is 1. The molecule has 0 saturated carbocycles. The molecule has 1 aromatic rings. The third-order valence-electron chi connectivity index (χ3n) is 3.07. The topological polar surface area (TPSA) is 66.9 Å². The minimum Gasteiger partial charge on any atom is -0.399 e. The molecule has 0 fully saturated rings. The second kappa shape index (κ2) is 4.12. The Morgan fingerprint density at radius 3 is 2.50 bits per heavy atom.